The van der Waals surface area contributed by atoms with Crippen molar-refractivity contribution >= 4 is 0 Å². The normalized spacial score (nSPS) is 16.2. The molecule has 22 heavy (non-hydrogen) atoms. The Morgan fingerprint density at radius 3 is 2.68 bits per heavy atom. The number of nitrogens with zero attached hydrogens (tertiary/aromatic N) is 2. The molecule has 0 bridgehead atoms. The lowest BCUT2D eigenvalue weighted by Gasteiger charge is -2.24. The highest BCUT2D eigenvalue weighted by atomic mass is 16.3. The van der Waals surface area contributed by atoms with Gasteiger partial charge in [-0.25, -0.2) is 0 Å². The first-order valence-electron chi connectivity index (χ1n) is 8.24. The minimum Gasteiger partial charge on any atom is -0.392 e. The predicted octanol–water partition coefficient (Wildman–Crippen LogP) is 3.19. The molecule has 0 spiro atoms. The van der Waals surface area contributed by atoms with Crippen LogP contribution in [0.5, 0.6) is 0 Å². The van der Waals surface area contributed by atoms with Gasteiger partial charge in [-0.15, -0.1) is 0 Å². The van der Waals surface area contributed by atoms with Crippen molar-refractivity contribution in [1.82, 2.24) is 9.47 Å². The number of aryl methyl sites for hydroxylation is 1. The molecule has 3 nitrogen and oxygen atoms in total. The second-order valence-corrected chi connectivity index (χ2v) is 6.56. The molecule has 1 aliphatic carbocycles. The van der Waals surface area contributed by atoms with E-state index in [-0.39, 0.29) is 6.10 Å². The monoisotopic (exact) mass is 298 g/mol. The molecule has 3 rings (SSSR count). The molecule has 0 radical (unpaired) electrons. The summed E-state index contributed by atoms with van der Waals surface area (Å²) in [5.74, 6) is 0. The van der Waals surface area contributed by atoms with Crippen molar-refractivity contribution in [2.75, 3.05) is 6.54 Å². The van der Waals surface area contributed by atoms with Crippen molar-refractivity contribution in [3.63, 3.8) is 0 Å². The van der Waals surface area contributed by atoms with E-state index in [2.05, 4.69) is 59.0 Å². The Labute approximate surface area is 133 Å². The maximum Gasteiger partial charge on any atom is 0.0639 e. The van der Waals surface area contributed by atoms with Gasteiger partial charge in [0.05, 0.1) is 6.10 Å². The Bertz CT molecular complexity index is 613. The molecule has 1 saturated carbocycles. The third kappa shape index (κ3) is 3.79. The lowest BCUT2D eigenvalue weighted by molar-refractivity contribution is 0.116. The molecule has 3 heteroatoms. The molecule has 1 fully saturated rings. The number of benzene rings is 1. The molecule has 2 aromatic rings. The van der Waals surface area contributed by atoms with E-state index in [0.717, 1.165) is 19.6 Å². The van der Waals surface area contributed by atoms with Gasteiger partial charge in [0.2, 0.25) is 0 Å². The summed E-state index contributed by atoms with van der Waals surface area (Å²) in [4.78, 5) is 2.42. The highest BCUT2D eigenvalue weighted by molar-refractivity contribution is 5.26. The fraction of sp³-hybridized carbons (Fsp3) is 0.474. The number of aliphatic hydroxyl groups excluding tert-OH is 1. The van der Waals surface area contributed by atoms with E-state index in [1.165, 1.54) is 29.7 Å². The number of rotatable bonds is 7. The molecule has 1 atom stereocenters. The Kier molecular flexibility index (Phi) is 4.65. The second kappa shape index (κ2) is 6.67. The lowest BCUT2D eigenvalue weighted by Crippen LogP contribution is -2.33. The summed E-state index contributed by atoms with van der Waals surface area (Å²) in [5.41, 5.74) is 4.04. The van der Waals surface area contributed by atoms with Gasteiger partial charge < -0.3 is 9.67 Å². The maximum absolute atomic E-state index is 9.72. The Morgan fingerprint density at radius 2 is 2.00 bits per heavy atom. The fourth-order valence-corrected chi connectivity index (χ4v) is 3.05. The Hall–Kier alpha value is -1.58. The lowest BCUT2D eigenvalue weighted by atomic mass is 10.1. The van der Waals surface area contributed by atoms with Crippen molar-refractivity contribution < 1.29 is 5.11 Å². The SMILES string of the molecule is Cc1ccccc1Cn1cccc1CN(CC(C)O)C1CC1. The largest absolute Gasteiger partial charge is 0.392 e. The van der Waals surface area contributed by atoms with Gasteiger partial charge in [0.25, 0.3) is 0 Å². The predicted molar refractivity (Wildman–Crippen MR) is 89.8 cm³/mol. The zero-order valence-electron chi connectivity index (χ0n) is 13.6. The summed E-state index contributed by atoms with van der Waals surface area (Å²) in [6.45, 7) is 6.65. The van der Waals surface area contributed by atoms with Gasteiger partial charge >= 0.3 is 0 Å². The van der Waals surface area contributed by atoms with Crippen LogP contribution in [0.2, 0.25) is 0 Å². The summed E-state index contributed by atoms with van der Waals surface area (Å²) in [6.07, 6.45) is 4.44. The highest BCUT2D eigenvalue weighted by Crippen LogP contribution is 2.28. The smallest absolute Gasteiger partial charge is 0.0639 e. The third-order valence-corrected chi connectivity index (χ3v) is 4.45. The van der Waals surface area contributed by atoms with E-state index in [1.54, 1.807) is 0 Å². The van der Waals surface area contributed by atoms with Crippen LogP contribution in [0, 0.1) is 6.92 Å². The van der Waals surface area contributed by atoms with Crippen LogP contribution in [0.3, 0.4) is 0 Å². The van der Waals surface area contributed by atoms with Crippen molar-refractivity contribution in [1.29, 1.82) is 0 Å². The molecule has 1 unspecified atom stereocenters. The van der Waals surface area contributed by atoms with Crippen LogP contribution < -0.4 is 0 Å². The first-order chi connectivity index (χ1) is 10.6. The van der Waals surface area contributed by atoms with Crippen LogP contribution in [-0.2, 0) is 13.1 Å². The molecule has 1 aromatic heterocycles. The van der Waals surface area contributed by atoms with Crippen LogP contribution in [0.25, 0.3) is 0 Å². The second-order valence-electron chi connectivity index (χ2n) is 6.56. The van der Waals surface area contributed by atoms with Gasteiger partial charge in [0.15, 0.2) is 0 Å². The Morgan fingerprint density at radius 1 is 1.23 bits per heavy atom. The van der Waals surface area contributed by atoms with Crippen molar-refractivity contribution in [2.24, 2.45) is 0 Å². The number of aromatic nitrogens is 1. The van der Waals surface area contributed by atoms with Gasteiger partial charge in [-0.1, -0.05) is 24.3 Å². The Balaban J connectivity index is 1.72. The number of hydrogen-bond donors (Lipinski definition) is 1. The first kappa shape index (κ1) is 15.3. The van der Waals surface area contributed by atoms with E-state index >= 15 is 0 Å². The van der Waals surface area contributed by atoms with Gasteiger partial charge in [-0.2, -0.15) is 0 Å². The summed E-state index contributed by atoms with van der Waals surface area (Å²) >= 11 is 0. The van der Waals surface area contributed by atoms with Gasteiger partial charge in [-0.3, -0.25) is 4.90 Å². The molecule has 1 aromatic carbocycles. The van der Waals surface area contributed by atoms with E-state index < -0.39 is 0 Å². The minimum absolute atomic E-state index is 0.264. The molecular formula is C19H26N2O. The topological polar surface area (TPSA) is 28.4 Å². The van der Waals surface area contributed by atoms with Crippen LogP contribution in [-0.4, -0.2) is 33.3 Å². The van der Waals surface area contributed by atoms with Crippen LogP contribution in [0.4, 0.5) is 0 Å². The summed E-state index contributed by atoms with van der Waals surface area (Å²) in [7, 11) is 0. The fourth-order valence-electron chi connectivity index (χ4n) is 3.05. The zero-order chi connectivity index (χ0) is 15.5. The van der Waals surface area contributed by atoms with E-state index in [1.807, 2.05) is 6.92 Å². The average Bonchev–Trinajstić information content (AvgIpc) is 3.23. The first-order valence-corrected chi connectivity index (χ1v) is 8.24. The third-order valence-electron chi connectivity index (χ3n) is 4.45. The summed E-state index contributed by atoms with van der Waals surface area (Å²) in [6, 6.07) is 13.6. The van der Waals surface area contributed by atoms with Crippen LogP contribution in [0.15, 0.2) is 42.6 Å². The molecule has 1 N–H and O–H groups in total. The van der Waals surface area contributed by atoms with Gasteiger partial charge in [0.1, 0.15) is 0 Å². The van der Waals surface area contributed by atoms with Crippen molar-refractivity contribution in [3.8, 4) is 0 Å². The molecule has 118 valence electrons. The standard InChI is InChI=1S/C19H26N2O/c1-15-6-3-4-7-17(15)13-20-11-5-8-19(20)14-21(12-16(2)22)18-9-10-18/h3-8,11,16,18,22H,9-10,12-14H2,1-2H3. The average molecular weight is 298 g/mol. The summed E-state index contributed by atoms with van der Waals surface area (Å²) in [5, 5.41) is 9.72. The van der Waals surface area contributed by atoms with Crippen LogP contribution >= 0.6 is 0 Å². The maximum atomic E-state index is 9.72. The van der Waals surface area contributed by atoms with Gasteiger partial charge in [-0.05, 0) is 49.9 Å². The molecule has 0 amide bonds. The zero-order valence-corrected chi connectivity index (χ0v) is 13.6. The van der Waals surface area contributed by atoms with E-state index in [4.69, 9.17) is 0 Å². The number of aliphatic hydroxyl groups is 1. The summed E-state index contributed by atoms with van der Waals surface area (Å²) < 4.78 is 2.33. The molecular weight excluding hydrogens is 272 g/mol. The van der Waals surface area contributed by atoms with Crippen LogP contribution in [0.1, 0.15) is 36.6 Å². The van der Waals surface area contributed by atoms with Gasteiger partial charge in [0, 0.05) is 37.6 Å². The molecule has 0 saturated heterocycles. The van der Waals surface area contributed by atoms with Crippen molar-refractivity contribution in [2.45, 2.75) is 51.9 Å². The quantitative estimate of drug-likeness (QED) is 0.850. The molecule has 1 heterocycles. The molecule has 1 aliphatic rings. The minimum atomic E-state index is -0.264. The number of hydrogen-bond acceptors (Lipinski definition) is 2. The molecule has 0 aliphatic heterocycles. The van der Waals surface area contributed by atoms with E-state index in [0.29, 0.717) is 6.04 Å². The highest BCUT2D eigenvalue weighted by Gasteiger charge is 2.30. The van der Waals surface area contributed by atoms with E-state index in [9.17, 15) is 5.11 Å². The van der Waals surface area contributed by atoms with Crippen molar-refractivity contribution in [3.05, 3.63) is 59.4 Å².